The van der Waals surface area contributed by atoms with Crippen molar-refractivity contribution < 1.29 is 19.0 Å². The molecule has 0 aliphatic carbocycles. The number of carbonyl (C=O) groups excluding carboxylic acids is 1. The Kier molecular flexibility index (Phi) is 7.50. The summed E-state index contributed by atoms with van der Waals surface area (Å²) in [6.45, 7) is 0.442. The Hall–Kier alpha value is -3.98. The van der Waals surface area contributed by atoms with Crippen molar-refractivity contribution in [3.63, 3.8) is 0 Å². The van der Waals surface area contributed by atoms with Crippen LogP contribution in [-0.2, 0) is 11.2 Å². The number of nitrogens with one attached hydrogen (secondary N) is 1. The lowest BCUT2D eigenvalue weighted by molar-refractivity contribution is -0.123. The average molecular weight is 416 g/mol. The fraction of sp³-hybridized carbons (Fsp3) is 0.200. The zero-order valence-corrected chi connectivity index (χ0v) is 17.6. The summed E-state index contributed by atoms with van der Waals surface area (Å²) in [6.07, 6.45) is 0.672. The first-order valence-electron chi connectivity index (χ1n) is 9.84. The van der Waals surface area contributed by atoms with Gasteiger partial charge in [0.05, 0.1) is 25.9 Å². The highest BCUT2D eigenvalue weighted by molar-refractivity contribution is 5.77. The Balaban J connectivity index is 1.44. The third-order valence-electron chi connectivity index (χ3n) is 4.76. The molecule has 1 amide bonds. The standard InChI is InChI=1S/C25H24N2O4/c1-29-23-12-5-18(15-24(23)30-2)13-14-27-25(28)17-31-22-10-8-21(9-11-22)20-6-3-19(16-26)4-7-20/h3-12,15H,13-14,17H2,1-2H3,(H,27,28). The lowest BCUT2D eigenvalue weighted by atomic mass is 10.0. The maximum Gasteiger partial charge on any atom is 0.257 e. The van der Waals surface area contributed by atoms with Gasteiger partial charge in [-0.1, -0.05) is 30.3 Å². The Morgan fingerprint density at radius 3 is 2.16 bits per heavy atom. The van der Waals surface area contributed by atoms with E-state index < -0.39 is 0 Å². The molecule has 0 heterocycles. The number of methoxy groups -OCH3 is 2. The molecule has 0 aromatic heterocycles. The van der Waals surface area contributed by atoms with E-state index in [1.807, 2.05) is 54.6 Å². The van der Waals surface area contributed by atoms with Crippen LogP contribution < -0.4 is 19.5 Å². The van der Waals surface area contributed by atoms with E-state index in [2.05, 4.69) is 11.4 Å². The third kappa shape index (κ3) is 6.00. The first-order valence-corrected chi connectivity index (χ1v) is 9.84. The summed E-state index contributed by atoms with van der Waals surface area (Å²) in [5.41, 5.74) is 3.69. The molecule has 6 nitrogen and oxygen atoms in total. The molecular weight excluding hydrogens is 392 g/mol. The molecule has 3 aromatic rings. The van der Waals surface area contributed by atoms with Crippen molar-refractivity contribution in [2.75, 3.05) is 27.4 Å². The number of hydrogen-bond acceptors (Lipinski definition) is 5. The molecular formula is C25H24N2O4. The zero-order chi connectivity index (χ0) is 22.1. The van der Waals surface area contributed by atoms with Gasteiger partial charge in [0.15, 0.2) is 18.1 Å². The monoisotopic (exact) mass is 416 g/mol. The number of rotatable bonds is 9. The molecule has 0 atom stereocenters. The number of carbonyl (C=O) groups is 1. The highest BCUT2D eigenvalue weighted by Gasteiger charge is 2.07. The number of ether oxygens (including phenoxy) is 3. The van der Waals surface area contributed by atoms with E-state index >= 15 is 0 Å². The van der Waals surface area contributed by atoms with E-state index in [1.165, 1.54) is 0 Å². The van der Waals surface area contributed by atoms with Crippen molar-refractivity contribution in [2.45, 2.75) is 6.42 Å². The molecule has 158 valence electrons. The van der Waals surface area contributed by atoms with Gasteiger partial charge in [0.2, 0.25) is 0 Å². The van der Waals surface area contributed by atoms with E-state index in [0.29, 0.717) is 35.8 Å². The maximum atomic E-state index is 12.1. The highest BCUT2D eigenvalue weighted by Crippen LogP contribution is 2.27. The number of nitrogens with zero attached hydrogens (tertiary/aromatic N) is 1. The molecule has 0 unspecified atom stereocenters. The summed E-state index contributed by atoms with van der Waals surface area (Å²) in [4.78, 5) is 12.1. The minimum absolute atomic E-state index is 0.0534. The normalized spacial score (nSPS) is 10.1. The molecule has 0 bridgehead atoms. The summed E-state index contributed by atoms with van der Waals surface area (Å²) in [5.74, 6) is 1.78. The van der Waals surface area contributed by atoms with E-state index in [-0.39, 0.29) is 12.5 Å². The van der Waals surface area contributed by atoms with Gasteiger partial charge in [-0.3, -0.25) is 4.79 Å². The Labute approximate surface area is 182 Å². The average Bonchev–Trinajstić information content (AvgIpc) is 2.83. The fourth-order valence-corrected chi connectivity index (χ4v) is 3.06. The first kappa shape index (κ1) is 21.7. The molecule has 1 N–H and O–H groups in total. The van der Waals surface area contributed by atoms with Crippen LogP contribution in [0.15, 0.2) is 66.7 Å². The summed E-state index contributed by atoms with van der Waals surface area (Å²) < 4.78 is 16.1. The van der Waals surface area contributed by atoms with Crippen LogP contribution in [0.1, 0.15) is 11.1 Å². The van der Waals surface area contributed by atoms with Crippen LogP contribution in [0.2, 0.25) is 0 Å². The second-order valence-electron chi connectivity index (χ2n) is 6.79. The lowest BCUT2D eigenvalue weighted by Crippen LogP contribution is -2.30. The minimum atomic E-state index is -0.184. The molecule has 0 fully saturated rings. The van der Waals surface area contributed by atoms with E-state index in [1.54, 1.807) is 26.4 Å². The van der Waals surface area contributed by atoms with E-state index in [0.717, 1.165) is 16.7 Å². The largest absolute Gasteiger partial charge is 0.493 e. The molecule has 0 aliphatic heterocycles. The quantitative estimate of drug-likeness (QED) is 0.571. The van der Waals surface area contributed by atoms with Gasteiger partial charge in [-0.25, -0.2) is 0 Å². The first-order chi connectivity index (χ1) is 15.1. The second kappa shape index (κ2) is 10.7. The van der Waals surface area contributed by atoms with Crippen molar-refractivity contribution in [3.8, 4) is 34.4 Å². The third-order valence-corrected chi connectivity index (χ3v) is 4.76. The van der Waals surface area contributed by atoms with Gasteiger partial charge in [-0.05, 0) is 59.5 Å². The Morgan fingerprint density at radius 1 is 0.903 bits per heavy atom. The number of amides is 1. The number of hydrogen-bond donors (Lipinski definition) is 1. The molecule has 3 rings (SSSR count). The van der Waals surface area contributed by atoms with Gasteiger partial charge in [0.1, 0.15) is 5.75 Å². The Morgan fingerprint density at radius 2 is 1.55 bits per heavy atom. The van der Waals surface area contributed by atoms with Gasteiger partial charge in [0.25, 0.3) is 5.91 Å². The van der Waals surface area contributed by atoms with Crippen LogP contribution in [0, 0.1) is 11.3 Å². The number of benzene rings is 3. The molecule has 0 radical (unpaired) electrons. The Bertz CT molecular complexity index is 1050. The van der Waals surface area contributed by atoms with Crippen molar-refractivity contribution >= 4 is 5.91 Å². The van der Waals surface area contributed by atoms with Crippen molar-refractivity contribution in [2.24, 2.45) is 0 Å². The van der Waals surface area contributed by atoms with Crippen LogP contribution in [0.4, 0.5) is 0 Å². The molecule has 3 aromatic carbocycles. The lowest BCUT2D eigenvalue weighted by Gasteiger charge is -2.11. The van der Waals surface area contributed by atoms with Gasteiger partial charge in [-0.15, -0.1) is 0 Å². The van der Waals surface area contributed by atoms with Crippen molar-refractivity contribution in [1.29, 1.82) is 5.26 Å². The van der Waals surface area contributed by atoms with Crippen molar-refractivity contribution in [3.05, 3.63) is 77.9 Å². The predicted molar refractivity (Wildman–Crippen MR) is 118 cm³/mol. The smallest absolute Gasteiger partial charge is 0.257 e. The van der Waals surface area contributed by atoms with Gasteiger partial charge in [-0.2, -0.15) is 5.26 Å². The van der Waals surface area contributed by atoms with Crippen LogP contribution in [0.25, 0.3) is 11.1 Å². The van der Waals surface area contributed by atoms with Crippen LogP contribution >= 0.6 is 0 Å². The summed E-state index contributed by atoms with van der Waals surface area (Å²) in [7, 11) is 3.19. The maximum absolute atomic E-state index is 12.1. The predicted octanol–water partition coefficient (Wildman–Crippen LogP) is 3.98. The molecule has 6 heteroatoms. The van der Waals surface area contributed by atoms with E-state index in [9.17, 15) is 4.79 Å². The van der Waals surface area contributed by atoms with Gasteiger partial charge in [0, 0.05) is 6.54 Å². The minimum Gasteiger partial charge on any atom is -0.493 e. The summed E-state index contributed by atoms with van der Waals surface area (Å²) in [5, 5.41) is 11.7. The fourth-order valence-electron chi connectivity index (χ4n) is 3.06. The second-order valence-corrected chi connectivity index (χ2v) is 6.79. The molecule has 0 saturated heterocycles. The van der Waals surface area contributed by atoms with Gasteiger partial charge >= 0.3 is 0 Å². The van der Waals surface area contributed by atoms with Crippen LogP contribution in [0.3, 0.4) is 0 Å². The molecule has 31 heavy (non-hydrogen) atoms. The van der Waals surface area contributed by atoms with E-state index in [4.69, 9.17) is 19.5 Å². The molecule has 0 saturated carbocycles. The van der Waals surface area contributed by atoms with Crippen LogP contribution in [-0.4, -0.2) is 33.3 Å². The molecule has 0 aliphatic rings. The van der Waals surface area contributed by atoms with Crippen molar-refractivity contribution in [1.82, 2.24) is 5.32 Å². The highest BCUT2D eigenvalue weighted by atomic mass is 16.5. The number of nitriles is 1. The van der Waals surface area contributed by atoms with Crippen LogP contribution in [0.5, 0.6) is 17.2 Å². The zero-order valence-electron chi connectivity index (χ0n) is 17.6. The summed E-state index contributed by atoms with van der Waals surface area (Å²) in [6, 6.07) is 22.7. The SMILES string of the molecule is COc1ccc(CCNC(=O)COc2ccc(-c3ccc(C#N)cc3)cc2)cc1OC. The molecule has 0 spiro atoms. The topological polar surface area (TPSA) is 80.6 Å². The van der Waals surface area contributed by atoms with Gasteiger partial charge < -0.3 is 19.5 Å². The summed E-state index contributed by atoms with van der Waals surface area (Å²) >= 11 is 0.